The van der Waals surface area contributed by atoms with E-state index >= 15 is 0 Å². The van der Waals surface area contributed by atoms with Gasteiger partial charge < -0.3 is 15.6 Å². The van der Waals surface area contributed by atoms with Crippen LogP contribution in [0.5, 0.6) is 0 Å². The first-order valence-electron chi connectivity index (χ1n) is 11.2. The summed E-state index contributed by atoms with van der Waals surface area (Å²) in [6.07, 6.45) is 10.4. The van der Waals surface area contributed by atoms with Crippen LogP contribution in [-0.4, -0.2) is 41.0 Å². The fourth-order valence-corrected chi connectivity index (χ4v) is 3.91. The third kappa shape index (κ3) is 4.26. The van der Waals surface area contributed by atoms with Crippen molar-refractivity contribution in [1.82, 2.24) is 29.3 Å². The molecule has 34 heavy (non-hydrogen) atoms. The lowest BCUT2D eigenvalue weighted by molar-refractivity contribution is -0.116. The van der Waals surface area contributed by atoms with Gasteiger partial charge in [-0.25, -0.2) is 4.98 Å². The molecule has 0 aliphatic heterocycles. The molecule has 1 aliphatic rings. The van der Waals surface area contributed by atoms with Gasteiger partial charge in [0, 0.05) is 47.2 Å². The Morgan fingerprint density at radius 3 is 2.74 bits per heavy atom. The fourth-order valence-electron chi connectivity index (χ4n) is 3.91. The van der Waals surface area contributed by atoms with E-state index in [4.69, 9.17) is 5.73 Å². The van der Waals surface area contributed by atoms with Crippen LogP contribution in [-0.2, 0) is 16.9 Å². The average molecular weight is 459 g/mol. The van der Waals surface area contributed by atoms with Crippen molar-refractivity contribution < 1.29 is 9.59 Å². The van der Waals surface area contributed by atoms with E-state index in [1.54, 1.807) is 23.1 Å². The molecule has 1 saturated carbocycles. The van der Waals surface area contributed by atoms with E-state index in [-0.39, 0.29) is 29.7 Å². The molecule has 0 radical (unpaired) electrons. The number of amides is 1. The van der Waals surface area contributed by atoms with E-state index in [0.717, 1.165) is 18.5 Å². The summed E-state index contributed by atoms with van der Waals surface area (Å²) in [6.45, 7) is 6.14. The summed E-state index contributed by atoms with van der Waals surface area (Å²) < 4.78 is 3.53. The molecule has 10 nitrogen and oxygen atoms in total. The molecule has 0 spiro atoms. The summed E-state index contributed by atoms with van der Waals surface area (Å²) in [5.74, 6) is 0.182. The summed E-state index contributed by atoms with van der Waals surface area (Å²) >= 11 is 0. The molecule has 174 valence electrons. The second kappa shape index (κ2) is 8.05. The van der Waals surface area contributed by atoms with Crippen molar-refractivity contribution in [3.8, 4) is 0 Å². The van der Waals surface area contributed by atoms with E-state index in [2.05, 4.69) is 25.4 Å². The van der Waals surface area contributed by atoms with Gasteiger partial charge in [-0.15, -0.1) is 0 Å². The lowest BCUT2D eigenvalue weighted by Crippen LogP contribution is -2.21. The lowest BCUT2D eigenvalue weighted by atomic mass is 10.1. The van der Waals surface area contributed by atoms with E-state index in [9.17, 15) is 9.59 Å². The Morgan fingerprint density at radius 1 is 1.21 bits per heavy atom. The molecule has 1 amide bonds. The number of fused-ring (bicyclic) bond motifs is 1. The summed E-state index contributed by atoms with van der Waals surface area (Å²) in [5.41, 5.74) is 8.32. The predicted octanol–water partition coefficient (Wildman–Crippen LogP) is 3.11. The normalized spacial score (nSPS) is 13.9. The van der Waals surface area contributed by atoms with Crippen LogP contribution in [0.2, 0.25) is 0 Å². The first-order chi connectivity index (χ1) is 16.2. The van der Waals surface area contributed by atoms with E-state index in [0.29, 0.717) is 33.8 Å². The van der Waals surface area contributed by atoms with E-state index < -0.39 is 0 Å². The number of aromatic nitrogens is 6. The molecule has 0 atom stereocenters. The summed E-state index contributed by atoms with van der Waals surface area (Å²) in [6, 6.07) is 3.57. The zero-order valence-electron chi connectivity index (χ0n) is 19.3. The molecule has 0 saturated heterocycles. The number of rotatable bonds is 6. The third-order valence-electron chi connectivity index (χ3n) is 5.78. The Kier molecular flexibility index (Phi) is 5.15. The number of hydrogen-bond donors (Lipinski definition) is 2. The highest BCUT2D eigenvalue weighted by molar-refractivity contribution is 6.16. The molecular formula is C24H26N8O2. The Bertz CT molecular complexity index is 1410. The van der Waals surface area contributed by atoms with Crippen LogP contribution >= 0.6 is 0 Å². The van der Waals surface area contributed by atoms with Crippen molar-refractivity contribution in [3.63, 3.8) is 0 Å². The van der Waals surface area contributed by atoms with Gasteiger partial charge in [0.25, 0.3) is 0 Å². The Labute approximate surface area is 196 Å². The number of anilines is 2. The van der Waals surface area contributed by atoms with Gasteiger partial charge in [0.1, 0.15) is 12.2 Å². The topological polar surface area (TPSA) is 134 Å². The number of hydrogen-bond acceptors (Lipinski definition) is 7. The maximum atomic E-state index is 13.4. The number of nitrogens with two attached hydrogens (primary N) is 1. The van der Waals surface area contributed by atoms with Crippen LogP contribution in [0.4, 0.5) is 11.6 Å². The third-order valence-corrected chi connectivity index (χ3v) is 5.78. The van der Waals surface area contributed by atoms with E-state index in [1.165, 1.54) is 12.4 Å². The number of nitrogen functional groups attached to an aromatic ring is 1. The maximum absolute atomic E-state index is 13.4. The Balaban J connectivity index is 1.38. The molecule has 0 unspecified atom stereocenters. The standard InChI is InChI=1S/C24H26N8O2/c1-24(2,3)32-12-18(17-11-27-23(25)29-22(17)32)21(34)15-8-16(10-26-9-15)28-20(33)13-31-7-6-19(30-31)14-4-5-14/h6-12,14H,4-5,13H2,1-3H3,(H,28,33)(H2,25,27,29). The van der Waals surface area contributed by atoms with Gasteiger partial charge in [0.05, 0.1) is 23.1 Å². The van der Waals surface area contributed by atoms with Crippen LogP contribution in [0.1, 0.15) is 61.1 Å². The monoisotopic (exact) mass is 458 g/mol. The molecule has 4 aromatic rings. The molecule has 0 aromatic carbocycles. The molecular weight excluding hydrogens is 432 g/mol. The summed E-state index contributed by atoms with van der Waals surface area (Å²) in [7, 11) is 0. The molecule has 0 bridgehead atoms. The number of carbonyl (C=O) groups is 2. The van der Waals surface area contributed by atoms with Crippen molar-refractivity contribution in [2.24, 2.45) is 0 Å². The number of ketones is 1. The highest BCUT2D eigenvalue weighted by Crippen LogP contribution is 2.38. The Hall–Kier alpha value is -4.08. The first kappa shape index (κ1) is 21.7. The maximum Gasteiger partial charge on any atom is 0.246 e. The summed E-state index contributed by atoms with van der Waals surface area (Å²) in [4.78, 5) is 38.5. The smallest absolute Gasteiger partial charge is 0.246 e. The minimum Gasteiger partial charge on any atom is -0.368 e. The summed E-state index contributed by atoms with van der Waals surface area (Å²) in [5, 5.41) is 7.87. The van der Waals surface area contributed by atoms with Gasteiger partial charge in [-0.3, -0.25) is 19.3 Å². The molecule has 3 N–H and O–H groups in total. The molecule has 1 fully saturated rings. The van der Waals surface area contributed by atoms with Gasteiger partial charge in [0.15, 0.2) is 5.78 Å². The largest absolute Gasteiger partial charge is 0.368 e. The van der Waals surface area contributed by atoms with Gasteiger partial charge in [-0.2, -0.15) is 10.1 Å². The highest BCUT2D eigenvalue weighted by Gasteiger charge is 2.26. The van der Waals surface area contributed by atoms with Crippen molar-refractivity contribution >= 4 is 34.4 Å². The van der Waals surface area contributed by atoms with Crippen LogP contribution in [0.15, 0.2) is 43.1 Å². The van der Waals surface area contributed by atoms with Crippen LogP contribution in [0, 0.1) is 0 Å². The number of carbonyl (C=O) groups excluding carboxylic acids is 2. The highest BCUT2D eigenvalue weighted by atomic mass is 16.2. The zero-order chi connectivity index (χ0) is 24.0. The van der Waals surface area contributed by atoms with Crippen molar-refractivity contribution in [1.29, 1.82) is 0 Å². The first-order valence-corrected chi connectivity index (χ1v) is 11.2. The predicted molar refractivity (Wildman–Crippen MR) is 127 cm³/mol. The second-order valence-corrected chi connectivity index (χ2v) is 9.60. The molecule has 4 heterocycles. The van der Waals surface area contributed by atoms with Crippen LogP contribution in [0.25, 0.3) is 11.0 Å². The SMILES string of the molecule is CC(C)(C)n1cc(C(=O)c2cncc(NC(=O)Cn3ccc(C4CC4)n3)c2)c2cnc(N)nc21. The number of pyridine rings is 1. The van der Waals surface area contributed by atoms with Gasteiger partial charge in [0.2, 0.25) is 11.9 Å². The minimum absolute atomic E-state index is 0.0860. The average Bonchev–Trinajstić information content (AvgIpc) is 3.40. The number of nitrogens with one attached hydrogen (secondary N) is 1. The van der Waals surface area contributed by atoms with Crippen LogP contribution < -0.4 is 11.1 Å². The van der Waals surface area contributed by atoms with Crippen molar-refractivity contribution in [2.75, 3.05) is 11.1 Å². The molecule has 4 aromatic heterocycles. The van der Waals surface area contributed by atoms with Gasteiger partial charge >= 0.3 is 0 Å². The van der Waals surface area contributed by atoms with E-state index in [1.807, 2.05) is 37.6 Å². The molecule has 1 aliphatic carbocycles. The van der Waals surface area contributed by atoms with Crippen LogP contribution in [0.3, 0.4) is 0 Å². The van der Waals surface area contributed by atoms with Gasteiger partial charge in [-0.05, 0) is 45.7 Å². The molecule has 10 heteroatoms. The molecule has 5 rings (SSSR count). The lowest BCUT2D eigenvalue weighted by Gasteiger charge is -2.21. The quantitative estimate of drug-likeness (QED) is 0.424. The zero-order valence-corrected chi connectivity index (χ0v) is 19.3. The Morgan fingerprint density at radius 2 is 2.00 bits per heavy atom. The van der Waals surface area contributed by atoms with Crippen molar-refractivity contribution in [3.05, 3.63) is 59.9 Å². The second-order valence-electron chi connectivity index (χ2n) is 9.60. The fraction of sp³-hybridized carbons (Fsp3) is 0.333. The minimum atomic E-state index is -0.322. The van der Waals surface area contributed by atoms with Crippen molar-refractivity contribution in [2.45, 2.75) is 51.6 Å². The number of nitrogens with zero attached hydrogens (tertiary/aromatic N) is 6. The van der Waals surface area contributed by atoms with Gasteiger partial charge in [-0.1, -0.05) is 0 Å².